The number of carboxylic acids is 1. The third-order valence-electron chi connectivity index (χ3n) is 5.37. The quantitative estimate of drug-likeness (QED) is 0.846. The fourth-order valence-corrected chi connectivity index (χ4v) is 4.16. The molecule has 2 atom stereocenters. The SMILES string of the molecule is O=C(O)C1CCN(C2CCN(C3CCCCC3)C2)C1. The van der Waals surface area contributed by atoms with Crippen LogP contribution in [0.1, 0.15) is 44.9 Å². The lowest BCUT2D eigenvalue weighted by molar-refractivity contribution is -0.141. The summed E-state index contributed by atoms with van der Waals surface area (Å²) in [7, 11) is 0. The van der Waals surface area contributed by atoms with Crippen LogP contribution in [0.2, 0.25) is 0 Å². The average Bonchev–Trinajstić information content (AvgIpc) is 3.09. The lowest BCUT2D eigenvalue weighted by Crippen LogP contribution is -2.40. The molecule has 108 valence electrons. The molecule has 3 rings (SSSR count). The van der Waals surface area contributed by atoms with Crippen molar-refractivity contribution in [1.82, 2.24) is 9.80 Å². The van der Waals surface area contributed by atoms with Gasteiger partial charge in [-0.2, -0.15) is 0 Å². The summed E-state index contributed by atoms with van der Waals surface area (Å²) in [5.74, 6) is -0.728. The van der Waals surface area contributed by atoms with Gasteiger partial charge >= 0.3 is 5.97 Å². The molecule has 2 unspecified atom stereocenters. The summed E-state index contributed by atoms with van der Waals surface area (Å²) in [6, 6.07) is 1.43. The fraction of sp³-hybridized carbons (Fsp3) is 0.933. The number of likely N-dealkylation sites (tertiary alicyclic amines) is 2. The zero-order valence-electron chi connectivity index (χ0n) is 11.8. The second-order valence-electron chi connectivity index (χ2n) is 6.55. The largest absolute Gasteiger partial charge is 0.481 e. The molecular formula is C15H26N2O2. The van der Waals surface area contributed by atoms with Gasteiger partial charge in [0.2, 0.25) is 0 Å². The molecule has 2 aliphatic heterocycles. The van der Waals surface area contributed by atoms with Crippen LogP contribution in [-0.4, -0.2) is 59.1 Å². The van der Waals surface area contributed by atoms with Gasteiger partial charge in [-0.3, -0.25) is 14.6 Å². The molecule has 4 heteroatoms. The van der Waals surface area contributed by atoms with E-state index in [2.05, 4.69) is 9.80 Å². The zero-order chi connectivity index (χ0) is 13.2. The second-order valence-corrected chi connectivity index (χ2v) is 6.55. The van der Waals surface area contributed by atoms with Crippen molar-refractivity contribution in [2.24, 2.45) is 5.92 Å². The van der Waals surface area contributed by atoms with E-state index >= 15 is 0 Å². The van der Waals surface area contributed by atoms with Crippen LogP contribution in [0.5, 0.6) is 0 Å². The Morgan fingerprint density at radius 1 is 0.842 bits per heavy atom. The average molecular weight is 266 g/mol. The van der Waals surface area contributed by atoms with E-state index in [0.717, 1.165) is 25.6 Å². The predicted molar refractivity (Wildman–Crippen MR) is 74.2 cm³/mol. The highest BCUT2D eigenvalue weighted by molar-refractivity contribution is 5.70. The first-order valence-electron chi connectivity index (χ1n) is 7.95. The van der Waals surface area contributed by atoms with Gasteiger partial charge in [0.1, 0.15) is 0 Å². The Kier molecular flexibility index (Phi) is 4.08. The standard InChI is InChI=1S/C15H26N2O2/c18-15(19)12-6-8-16(10-12)14-7-9-17(11-14)13-4-2-1-3-5-13/h12-14H,1-11H2,(H,18,19). The maximum absolute atomic E-state index is 11.0. The Balaban J connectivity index is 1.50. The molecule has 2 saturated heterocycles. The number of hydrogen-bond donors (Lipinski definition) is 1. The Morgan fingerprint density at radius 2 is 1.53 bits per heavy atom. The summed E-state index contributed by atoms with van der Waals surface area (Å²) < 4.78 is 0. The van der Waals surface area contributed by atoms with Crippen LogP contribution in [0.25, 0.3) is 0 Å². The summed E-state index contributed by atoms with van der Waals surface area (Å²) in [6.07, 6.45) is 9.06. The monoisotopic (exact) mass is 266 g/mol. The highest BCUT2D eigenvalue weighted by Crippen LogP contribution is 2.29. The molecule has 0 radical (unpaired) electrons. The molecule has 0 amide bonds. The fourth-order valence-electron chi connectivity index (χ4n) is 4.16. The summed E-state index contributed by atoms with van der Waals surface area (Å²) in [4.78, 5) is 16.1. The second kappa shape index (κ2) is 5.80. The van der Waals surface area contributed by atoms with Gasteiger partial charge < -0.3 is 5.11 Å². The zero-order valence-corrected chi connectivity index (χ0v) is 11.8. The predicted octanol–water partition coefficient (Wildman–Crippen LogP) is 1.80. The summed E-state index contributed by atoms with van der Waals surface area (Å²) in [6.45, 7) is 4.17. The smallest absolute Gasteiger partial charge is 0.307 e. The normalized spacial score (nSPS) is 34.9. The van der Waals surface area contributed by atoms with E-state index in [1.165, 1.54) is 51.6 Å². The molecule has 4 nitrogen and oxygen atoms in total. The van der Waals surface area contributed by atoms with Crippen molar-refractivity contribution in [3.63, 3.8) is 0 Å². The molecule has 0 spiro atoms. The van der Waals surface area contributed by atoms with Gasteiger partial charge in [0, 0.05) is 31.7 Å². The van der Waals surface area contributed by atoms with E-state index in [1.807, 2.05) is 0 Å². The van der Waals surface area contributed by atoms with Crippen LogP contribution < -0.4 is 0 Å². The van der Waals surface area contributed by atoms with Crippen molar-refractivity contribution in [3.8, 4) is 0 Å². The Labute approximate surface area is 115 Å². The maximum atomic E-state index is 11.0. The van der Waals surface area contributed by atoms with Crippen molar-refractivity contribution in [2.45, 2.75) is 57.0 Å². The molecule has 0 bridgehead atoms. The number of aliphatic carboxylic acids is 1. The topological polar surface area (TPSA) is 43.8 Å². The number of rotatable bonds is 3. The van der Waals surface area contributed by atoms with Crippen molar-refractivity contribution >= 4 is 5.97 Å². The molecule has 3 aliphatic rings. The van der Waals surface area contributed by atoms with E-state index < -0.39 is 5.97 Å². The van der Waals surface area contributed by atoms with Gasteiger partial charge in [0.15, 0.2) is 0 Å². The highest BCUT2D eigenvalue weighted by atomic mass is 16.4. The van der Waals surface area contributed by atoms with Gasteiger partial charge in [-0.15, -0.1) is 0 Å². The van der Waals surface area contributed by atoms with E-state index in [1.54, 1.807) is 0 Å². The molecule has 1 aliphatic carbocycles. The molecular weight excluding hydrogens is 240 g/mol. The van der Waals surface area contributed by atoms with Crippen LogP contribution >= 0.6 is 0 Å². The van der Waals surface area contributed by atoms with Crippen molar-refractivity contribution < 1.29 is 9.90 Å². The van der Waals surface area contributed by atoms with E-state index in [0.29, 0.717) is 6.04 Å². The molecule has 1 saturated carbocycles. The third kappa shape index (κ3) is 2.95. The van der Waals surface area contributed by atoms with E-state index in [4.69, 9.17) is 5.11 Å². The van der Waals surface area contributed by atoms with Gasteiger partial charge in [-0.05, 0) is 32.2 Å². The first-order chi connectivity index (χ1) is 9.24. The number of hydrogen-bond acceptors (Lipinski definition) is 3. The molecule has 2 heterocycles. The molecule has 19 heavy (non-hydrogen) atoms. The lowest BCUT2D eigenvalue weighted by atomic mass is 9.94. The number of carbonyl (C=O) groups is 1. The lowest BCUT2D eigenvalue weighted by Gasteiger charge is -2.32. The minimum absolute atomic E-state index is 0.122. The first-order valence-corrected chi connectivity index (χ1v) is 7.95. The maximum Gasteiger partial charge on any atom is 0.307 e. The Hall–Kier alpha value is -0.610. The van der Waals surface area contributed by atoms with Gasteiger partial charge in [0.25, 0.3) is 0 Å². The van der Waals surface area contributed by atoms with Gasteiger partial charge in [-0.1, -0.05) is 19.3 Å². The Bertz CT molecular complexity index is 328. The van der Waals surface area contributed by atoms with Crippen molar-refractivity contribution in [2.75, 3.05) is 26.2 Å². The molecule has 0 aromatic carbocycles. The van der Waals surface area contributed by atoms with Crippen molar-refractivity contribution in [3.05, 3.63) is 0 Å². The number of nitrogens with zero attached hydrogens (tertiary/aromatic N) is 2. The molecule has 3 fully saturated rings. The van der Waals surface area contributed by atoms with Crippen LogP contribution in [-0.2, 0) is 4.79 Å². The summed E-state index contributed by atoms with van der Waals surface area (Å²) >= 11 is 0. The molecule has 0 aromatic rings. The number of carboxylic acid groups (broad SMARTS) is 1. The van der Waals surface area contributed by atoms with Crippen LogP contribution in [0.15, 0.2) is 0 Å². The van der Waals surface area contributed by atoms with Crippen LogP contribution in [0, 0.1) is 5.92 Å². The van der Waals surface area contributed by atoms with Crippen LogP contribution in [0.3, 0.4) is 0 Å². The van der Waals surface area contributed by atoms with E-state index in [9.17, 15) is 4.79 Å². The van der Waals surface area contributed by atoms with Crippen LogP contribution in [0.4, 0.5) is 0 Å². The summed E-state index contributed by atoms with van der Waals surface area (Å²) in [5, 5.41) is 9.09. The highest BCUT2D eigenvalue weighted by Gasteiger charge is 2.37. The minimum Gasteiger partial charge on any atom is -0.481 e. The van der Waals surface area contributed by atoms with Gasteiger partial charge in [0.05, 0.1) is 5.92 Å². The minimum atomic E-state index is -0.607. The summed E-state index contributed by atoms with van der Waals surface area (Å²) in [5.41, 5.74) is 0. The van der Waals surface area contributed by atoms with E-state index in [-0.39, 0.29) is 5.92 Å². The molecule has 1 N–H and O–H groups in total. The van der Waals surface area contributed by atoms with Crippen molar-refractivity contribution in [1.29, 1.82) is 0 Å². The first kappa shape index (κ1) is 13.4. The Morgan fingerprint density at radius 3 is 2.21 bits per heavy atom. The van der Waals surface area contributed by atoms with Gasteiger partial charge in [-0.25, -0.2) is 0 Å². The third-order valence-corrected chi connectivity index (χ3v) is 5.37. The molecule has 0 aromatic heterocycles.